The van der Waals surface area contributed by atoms with E-state index in [1.807, 2.05) is 37.3 Å². The number of pyridine rings is 1. The summed E-state index contributed by atoms with van der Waals surface area (Å²) in [4.78, 5) is 44.4. The number of rotatable bonds is 13. The molecule has 2 aliphatic rings. The van der Waals surface area contributed by atoms with Crippen LogP contribution in [-0.2, 0) is 26.3 Å². The number of nitrogens with one attached hydrogen (secondary N) is 2. The van der Waals surface area contributed by atoms with Crippen molar-refractivity contribution >= 4 is 17.7 Å². The maximum Gasteiger partial charge on any atom is 0.257 e. The first-order valence-corrected chi connectivity index (χ1v) is 15.5. The molecule has 0 spiro atoms. The van der Waals surface area contributed by atoms with E-state index in [2.05, 4.69) is 15.6 Å². The van der Waals surface area contributed by atoms with Crippen LogP contribution in [0.15, 0.2) is 72.9 Å². The number of benzene rings is 2. The molecule has 3 amide bonds. The molecule has 4 atom stereocenters. The van der Waals surface area contributed by atoms with E-state index in [1.165, 1.54) is 13.8 Å². The summed E-state index contributed by atoms with van der Waals surface area (Å²) in [5.41, 5.74) is 6.51. The maximum atomic E-state index is 14.9. The van der Waals surface area contributed by atoms with Crippen LogP contribution in [0, 0.1) is 5.92 Å². The van der Waals surface area contributed by atoms with Crippen LogP contribution in [0.3, 0.4) is 0 Å². The molecule has 8 nitrogen and oxygen atoms in total. The molecule has 1 saturated heterocycles. The molecule has 1 aliphatic carbocycles. The Balaban J connectivity index is 1.29. The molecule has 4 unspecified atom stereocenters. The maximum absolute atomic E-state index is 14.9. The summed E-state index contributed by atoms with van der Waals surface area (Å²) >= 11 is 0. The predicted octanol–water partition coefficient (Wildman–Crippen LogP) is 4.83. The first-order chi connectivity index (χ1) is 21.8. The number of amides is 3. The van der Waals surface area contributed by atoms with E-state index in [4.69, 9.17) is 5.73 Å². The second kappa shape index (κ2) is 13.2. The van der Waals surface area contributed by atoms with Gasteiger partial charge in [-0.2, -0.15) is 0 Å². The monoisotopic (exact) mass is 635 g/mol. The van der Waals surface area contributed by atoms with E-state index in [0.717, 1.165) is 29.5 Å². The molecular formula is C35H40F3N5O3. The molecule has 2 heterocycles. The fraction of sp³-hybridized carbons (Fsp3) is 0.429. The molecule has 46 heavy (non-hydrogen) atoms. The van der Waals surface area contributed by atoms with E-state index in [0.29, 0.717) is 12.2 Å². The van der Waals surface area contributed by atoms with Gasteiger partial charge < -0.3 is 16.0 Å². The standard InChI is InChI=1S/C35H40F3N5O3/c1-21-19-43(20-26-6-4-5-17-40-26)32(45)28(21)42-31(44)27(18-34(2,3)38)41-29(30(36)37)24-9-7-22(8-10-24)23-11-13-25(14-12-23)35(15-16-35)33(39)46/h4-14,17,21,27-30,41H,15-16,18-20H2,1-3H3,(H2,39,46)(H,42,44). The zero-order valence-corrected chi connectivity index (χ0v) is 26.2. The van der Waals surface area contributed by atoms with Crippen LogP contribution in [0.25, 0.3) is 11.1 Å². The number of likely N-dealkylation sites (tertiary alicyclic amines) is 1. The molecule has 2 fully saturated rings. The van der Waals surface area contributed by atoms with Crippen molar-refractivity contribution in [1.82, 2.24) is 20.5 Å². The van der Waals surface area contributed by atoms with Gasteiger partial charge in [-0.25, -0.2) is 13.2 Å². The van der Waals surface area contributed by atoms with Crippen molar-refractivity contribution in [3.8, 4) is 11.1 Å². The number of halogens is 3. The highest BCUT2D eigenvalue weighted by molar-refractivity contribution is 5.91. The van der Waals surface area contributed by atoms with Gasteiger partial charge in [-0.15, -0.1) is 0 Å². The third-order valence-electron chi connectivity index (χ3n) is 8.93. The van der Waals surface area contributed by atoms with Crippen molar-refractivity contribution in [3.63, 3.8) is 0 Å². The van der Waals surface area contributed by atoms with Gasteiger partial charge >= 0.3 is 0 Å². The number of hydrogen-bond acceptors (Lipinski definition) is 5. The molecule has 0 bridgehead atoms. The van der Waals surface area contributed by atoms with Crippen molar-refractivity contribution < 1.29 is 27.6 Å². The quantitative estimate of drug-likeness (QED) is 0.249. The summed E-state index contributed by atoms with van der Waals surface area (Å²) < 4.78 is 43.9. The van der Waals surface area contributed by atoms with Crippen molar-refractivity contribution in [1.29, 1.82) is 0 Å². The SMILES string of the molecule is CC1CN(Cc2ccccn2)C(=O)C1NC(=O)C(CC(C)(C)F)NC(c1ccc(-c2ccc(C3(C(N)=O)CC3)cc2)cc1)C(F)F. The number of aromatic nitrogens is 1. The van der Waals surface area contributed by atoms with Crippen LogP contribution in [-0.4, -0.2) is 58.3 Å². The minimum Gasteiger partial charge on any atom is -0.369 e. The van der Waals surface area contributed by atoms with Crippen molar-refractivity contribution in [2.24, 2.45) is 11.7 Å². The van der Waals surface area contributed by atoms with Gasteiger partial charge in [0.05, 0.1) is 29.7 Å². The van der Waals surface area contributed by atoms with Crippen molar-refractivity contribution in [2.75, 3.05) is 6.54 Å². The fourth-order valence-electron chi connectivity index (χ4n) is 6.18. The van der Waals surface area contributed by atoms with Crippen LogP contribution in [0.2, 0.25) is 0 Å². The van der Waals surface area contributed by atoms with Crippen LogP contribution in [0.1, 0.15) is 62.9 Å². The Bertz CT molecular complexity index is 1540. The molecule has 11 heteroatoms. The van der Waals surface area contributed by atoms with Crippen molar-refractivity contribution in [3.05, 3.63) is 89.7 Å². The number of nitrogens with two attached hydrogens (primary N) is 1. The van der Waals surface area contributed by atoms with Crippen molar-refractivity contribution in [2.45, 2.75) is 82.2 Å². The summed E-state index contributed by atoms with van der Waals surface area (Å²) in [5.74, 6) is -1.62. The molecule has 1 aromatic heterocycles. The highest BCUT2D eigenvalue weighted by atomic mass is 19.3. The predicted molar refractivity (Wildman–Crippen MR) is 168 cm³/mol. The second-order valence-electron chi connectivity index (χ2n) is 13.1. The summed E-state index contributed by atoms with van der Waals surface area (Å²) in [6, 6.07) is 15.6. The first-order valence-electron chi connectivity index (χ1n) is 15.5. The van der Waals surface area contributed by atoms with Crippen LogP contribution >= 0.6 is 0 Å². The average Bonchev–Trinajstić information content (AvgIpc) is 3.79. The summed E-state index contributed by atoms with van der Waals surface area (Å²) in [5, 5.41) is 5.42. The lowest BCUT2D eigenvalue weighted by atomic mass is 9.92. The number of carbonyl (C=O) groups excluding carboxylic acids is 3. The van der Waals surface area contributed by atoms with E-state index in [1.54, 1.807) is 47.5 Å². The van der Waals surface area contributed by atoms with Gasteiger partial charge in [-0.3, -0.25) is 24.7 Å². The molecule has 244 valence electrons. The Labute approximate surface area is 267 Å². The summed E-state index contributed by atoms with van der Waals surface area (Å²) in [7, 11) is 0. The van der Waals surface area contributed by atoms with Crippen LogP contribution in [0.5, 0.6) is 0 Å². The lowest BCUT2D eigenvalue weighted by Crippen LogP contribution is -2.54. The molecule has 1 saturated carbocycles. The van der Waals surface area contributed by atoms with E-state index < -0.39 is 41.5 Å². The average molecular weight is 636 g/mol. The molecule has 4 N–H and O–H groups in total. The van der Waals surface area contributed by atoms with Crippen LogP contribution < -0.4 is 16.4 Å². The zero-order chi connectivity index (χ0) is 33.2. The van der Waals surface area contributed by atoms with Gasteiger partial charge in [0.2, 0.25) is 17.7 Å². The second-order valence-corrected chi connectivity index (χ2v) is 13.1. The van der Waals surface area contributed by atoms with Gasteiger partial charge in [-0.1, -0.05) is 61.5 Å². The third kappa shape index (κ3) is 7.41. The highest BCUT2D eigenvalue weighted by Crippen LogP contribution is 2.48. The topological polar surface area (TPSA) is 117 Å². The summed E-state index contributed by atoms with van der Waals surface area (Å²) in [6.45, 7) is 5.03. The molecule has 2 aromatic carbocycles. The highest BCUT2D eigenvalue weighted by Gasteiger charge is 2.50. The third-order valence-corrected chi connectivity index (χ3v) is 8.93. The van der Waals surface area contributed by atoms with Gasteiger partial charge in [-0.05, 0) is 61.1 Å². The number of primary amides is 1. The van der Waals surface area contributed by atoms with Gasteiger partial charge in [0.1, 0.15) is 11.7 Å². The van der Waals surface area contributed by atoms with Gasteiger partial charge in [0.25, 0.3) is 6.43 Å². The van der Waals surface area contributed by atoms with Gasteiger partial charge in [0, 0.05) is 25.1 Å². The van der Waals surface area contributed by atoms with Gasteiger partial charge in [0.15, 0.2) is 0 Å². The Kier molecular flexibility index (Phi) is 9.53. The Hall–Kier alpha value is -4.25. The number of carbonyl (C=O) groups is 3. The van der Waals surface area contributed by atoms with E-state index in [-0.39, 0.29) is 36.3 Å². The number of nitrogens with zero attached hydrogens (tertiary/aromatic N) is 2. The van der Waals surface area contributed by atoms with Crippen LogP contribution in [0.4, 0.5) is 13.2 Å². The summed E-state index contributed by atoms with van der Waals surface area (Å²) in [6.07, 6.45) is -0.220. The number of alkyl halides is 3. The largest absolute Gasteiger partial charge is 0.369 e. The lowest BCUT2D eigenvalue weighted by molar-refractivity contribution is -0.134. The normalized spacial score (nSPS) is 20.4. The first kappa shape index (κ1) is 33.1. The lowest BCUT2D eigenvalue weighted by Gasteiger charge is -2.29. The Morgan fingerprint density at radius 2 is 1.67 bits per heavy atom. The minimum atomic E-state index is -2.91. The molecule has 5 rings (SSSR count). The molecule has 3 aromatic rings. The van der Waals surface area contributed by atoms with E-state index in [9.17, 15) is 27.6 Å². The zero-order valence-electron chi connectivity index (χ0n) is 26.2. The molecular weight excluding hydrogens is 595 g/mol. The number of hydrogen-bond donors (Lipinski definition) is 3. The Morgan fingerprint density at radius 3 is 2.20 bits per heavy atom. The smallest absolute Gasteiger partial charge is 0.257 e. The van der Waals surface area contributed by atoms with E-state index >= 15 is 0 Å². The fourth-order valence-corrected chi connectivity index (χ4v) is 6.18. The Morgan fingerprint density at radius 1 is 1.04 bits per heavy atom. The minimum absolute atomic E-state index is 0.224. The molecule has 0 radical (unpaired) electrons. The molecule has 1 aliphatic heterocycles.